The summed E-state index contributed by atoms with van der Waals surface area (Å²) in [4.78, 5) is 33.5. The summed E-state index contributed by atoms with van der Waals surface area (Å²) in [6.45, 7) is 2.49. The molecule has 0 radical (unpaired) electrons. The predicted molar refractivity (Wildman–Crippen MR) is 129 cm³/mol. The van der Waals surface area contributed by atoms with E-state index < -0.39 is 0 Å². The van der Waals surface area contributed by atoms with Gasteiger partial charge in [0.1, 0.15) is 11.9 Å². The minimum atomic E-state index is -0.250. The summed E-state index contributed by atoms with van der Waals surface area (Å²) in [7, 11) is 0. The van der Waals surface area contributed by atoms with Gasteiger partial charge in [-0.05, 0) is 42.5 Å². The summed E-state index contributed by atoms with van der Waals surface area (Å²) in [5, 5.41) is 19.8. The van der Waals surface area contributed by atoms with Gasteiger partial charge in [0.2, 0.25) is 0 Å². The number of amides is 1. The van der Waals surface area contributed by atoms with Gasteiger partial charge in [0.05, 0.1) is 17.1 Å². The Balaban J connectivity index is 1.28. The van der Waals surface area contributed by atoms with Gasteiger partial charge in [-0.3, -0.25) is 9.59 Å². The van der Waals surface area contributed by atoms with Crippen LogP contribution in [0.4, 0.5) is 17.2 Å². The number of aromatic nitrogens is 3. The van der Waals surface area contributed by atoms with Gasteiger partial charge in [0.15, 0.2) is 0 Å². The van der Waals surface area contributed by atoms with E-state index in [-0.39, 0.29) is 11.5 Å². The fourth-order valence-electron chi connectivity index (χ4n) is 4.07. The Morgan fingerprint density at radius 2 is 1.82 bits per heavy atom. The van der Waals surface area contributed by atoms with Crippen molar-refractivity contribution in [3.8, 4) is 6.07 Å². The summed E-state index contributed by atoms with van der Waals surface area (Å²) >= 11 is 0. The highest BCUT2D eigenvalue weighted by atomic mass is 16.2. The molecule has 1 aliphatic heterocycles. The number of carbonyl (C=O) groups excluding carboxylic acids is 1. The van der Waals surface area contributed by atoms with E-state index in [2.05, 4.69) is 31.5 Å². The van der Waals surface area contributed by atoms with E-state index in [1.807, 2.05) is 35.2 Å². The summed E-state index contributed by atoms with van der Waals surface area (Å²) in [5.74, 6) is 0.771. The van der Waals surface area contributed by atoms with Crippen molar-refractivity contribution in [1.82, 2.24) is 20.1 Å². The Bertz CT molecular complexity index is 1450. The monoisotopic (exact) mass is 451 g/mol. The first kappa shape index (κ1) is 21.2. The molecule has 2 N–H and O–H groups in total. The SMILES string of the molecule is N#Cc1ccc(N2CCN(C(=O)c3cccc(Nc4cccc5c(=O)[nH]ncc45)c3)CC2)nc1. The Morgan fingerprint density at radius 3 is 2.59 bits per heavy atom. The van der Waals surface area contributed by atoms with Crippen LogP contribution in [0.25, 0.3) is 10.8 Å². The fraction of sp³-hybridized carbons (Fsp3) is 0.160. The van der Waals surface area contributed by atoms with Crippen molar-refractivity contribution in [2.75, 3.05) is 36.4 Å². The number of piperazine rings is 1. The normalized spacial score (nSPS) is 13.5. The lowest BCUT2D eigenvalue weighted by Crippen LogP contribution is -2.49. The molecule has 0 aliphatic carbocycles. The van der Waals surface area contributed by atoms with E-state index in [1.165, 1.54) is 0 Å². The number of carbonyl (C=O) groups is 1. The van der Waals surface area contributed by atoms with E-state index in [4.69, 9.17) is 5.26 Å². The van der Waals surface area contributed by atoms with Crippen molar-refractivity contribution in [2.45, 2.75) is 0 Å². The second-order valence-corrected chi connectivity index (χ2v) is 7.97. The molecule has 34 heavy (non-hydrogen) atoms. The van der Waals surface area contributed by atoms with Crippen molar-refractivity contribution in [1.29, 1.82) is 5.26 Å². The zero-order chi connectivity index (χ0) is 23.5. The van der Waals surface area contributed by atoms with E-state index in [1.54, 1.807) is 36.7 Å². The predicted octanol–water partition coefficient (Wildman–Crippen LogP) is 2.90. The number of pyridine rings is 1. The highest BCUT2D eigenvalue weighted by molar-refractivity contribution is 5.97. The molecule has 0 atom stereocenters. The van der Waals surface area contributed by atoms with Crippen molar-refractivity contribution >= 4 is 33.9 Å². The standard InChI is InChI=1S/C25H21N7O2/c26-14-17-7-8-23(27-15-17)31-9-11-32(12-10-31)25(34)18-3-1-4-19(13-18)29-22-6-2-5-20-21(22)16-28-30-24(20)33/h1-8,13,15-16,29H,9-12H2,(H,30,33). The summed E-state index contributed by atoms with van der Waals surface area (Å²) in [6, 6.07) is 18.4. The second kappa shape index (κ2) is 9.03. The second-order valence-electron chi connectivity index (χ2n) is 7.97. The third-order valence-electron chi connectivity index (χ3n) is 5.87. The molecule has 0 unspecified atom stereocenters. The van der Waals surface area contributed by atoms with Gasteiger partial charge in [0, 0.05) is 54.7 Å². The van der Waals surface area contributed by atoms with Gasteiger partial charge in [0.25, 0.3) is 11.5 Å². The molecule has 1 amide bonds. The van der Waals surface area contributed by atoms with Gasteiger partial charge >= 0.3 is 0 Å². The molecular formula is C25H21N7O2. The summed E-state index contributed by atoms with van der Waals surface area (Å²) in [5.41, 5.74) is 2.35. The number of benzene rings is 2. The Hall–Kier alpha value is -4.71. The maximum Gasteiger partial charge on any atom is 0.272 e. The fourth-order valence-corrected chi connectivity index (χ4v) is 4.07. The highest BCUT2D eigenvalue weighted by Crippen LogP contribution is 2.25. The maximum absolute atomic E-state index is 13.2. The molecule has 168 valence electrons. The first-order chi connectivity index (χ1) is 16.6. The van der Waals surface area contributed by atoms with Crippen LogP contribution < -0.4 is 15.8 Å². The molecule has 9 heteroatoms. The molecule has 2 aromatic heterocycles. The lowest BCUT2D eigenvalue weighted by Gasteiger charge is -2.35. The van der Waals surface area contributed by atoms with Crippen LogP contribution in [-0.2, 0) is 0 Å². The van der Waals surface area contributed by atoms with Crippen LogP contribution in [0, 0.1) is 11.3 Å². The molecule has 1 saturated heterocycles. The van der Waals surface area contributed by atoms with Crippen molar-refractivity contribution in [3.05, 3.63) is 88.5 Å². The molecule has 0 saturated carbocycles. The minimum Gasteiger partial charge on any atom is -0.355 e. The number of rotatable bonds is 4. The number of anilines is 3. The molecule has 1 aliphatic rings. The van der Waals surface area contributed by atoms with Crippen LogP contribution in [-0.4, -0.2) is 52.2 Å². The van der Waals surface area contributed by atoms with Crippen molar-refractivity contribution in [3.63, 3.8) is 0 Å². The lowest BCUT2D eigenvalue weighted by atomic mass is 10.1. The smallest absolute Gasteiger partial charge is 0.272 e. The Kier molecular flexibility index (Phi) is 5.62. The van der Waals surface area contributed by atoms with Crippen LogP contribution in [0.5, 0.6) is 0 Å². The largest absolute Gasteiger partial charge is 0.355 e. The number of nitrogens with one attached hydrogen (secondary N) is 2. The van der Waals surface area contributed by atoms with Gasteiger partial charge < -0.3 is 15.1 Å². The molecule has 1 fully saturated rings. The van der Waals surface area contributed by atoms with Crippen molar-refractivity contribution in [2.24, 2.45) is 0 Å². The quantitative estimate of drug-likeness (QED) is 0.490. The zero-order valence-electron chi connectivity index (χ0n) is 18.2. The molecule has 4 aromatic rings. The molecule has 2 aromatic carbocycles. The number of nitrogens with zero attached hydrogens (tertiary/aromatic N) is 5. The first-order valence-electron chi connectivity index (χ1n) is 10.9. The summed E-state index contributed by atoms with van der Waals surface area (Å²) < 4.78 is 0. The molecule has 0 bridgehead atoms. The van der Waals surface area contributed by atoms with E-state index in [0.29, 0.717) is 48.1 Å². The number of fused-ring (bicyclic) bond motifs is 1. The van der Waals surface area contributed by atoms with E-state index in [9.17, 15) is 9.59 Å². The third-order valence-corrected chi connectivity index (χ3v) is 5.87. The highest BCUT2D eigenvalue weighted by Gasteiger charge is 2.23. The number of aromatic amines is 1. The summed E-state index contributed by atoms with van der Waals surface area (Å²) in [6.07, 6.45) is 3.17. The van der Waals surface area contributed by atoms with Crippen LogP contribution in [0.2, 0.25) is 0 Å². The van der Waals surface area contributed by atoms with Crippen LogP contribution >= 0.6 is 0 Å². The van der Waals surface area contributed by atoms with Crippen LogP contribution in [0.1, 0.15) is 15.9 Å². The van der Waals surface area contributed by atoms with Gasteiger partial charge in [-0.1, -0.05) is 12.1 Å². The van der Waals surface area contributed by atoms with Gasteiger partial charge in [-0.15, -0.1) is 0 Å². The third kappa shape index (κ3) is 4.17. The number of H-pyrrole nitrogens is 1. The van der Waals surface area contributed by atoms with E-state index >= 15 is 0 Å². The minimum absolute atomic E-state index is 0.0351. The molecule has 3 heterocycles. The van der Waals surface area contributed by atoms with E-state index in [0.717, 1.165) is 17.2 Å². The number of hydrogen-bond acceptors (Lipinski definition) is 7. The first-order valence-corrected chi connectivity index (χ1v) is 10.9. The molecule has 5 rings (SSSR count). The van der Waals surface area contributed by atoms with Crippen molar-refractivity contribution < 1.29 is 4.79 Å². The topological polar surface area (TPSA) is 118 Å². The average molecular weight is 451 g/mol. The lowest BCUT2D eigenvalue weighted by molar-refractivity contribution is 0.0746. The van der Waals surface area contributed by atoms with Gasteiger partial charge in [-0.2, -0.15) is 10.4 Å². The maximum atomic E-state index is 13.2. The Labute approximate surface area is 195 Å². The van der Waals surface area contributed by atoms with Crippen LogP contribution in [0.3, 0.4) is 0 Å². The van der Waals surface area contributed by atoms with Gasteiger partial charge in [-0.25, -0.2) is 10.1 Å². The molecule has 0 spiro atoms. The Morgan fingerprint density at radius 1 is 1.00 bits per heavy atom. The number of hydrogen-bond donors (Lipinski definition) is 2. The average Bonchev–Trinajstić information content (AvgIpc) is 2.89. The molecule has 9 nitrogen and oxygen atoms in total. The number of nitriles is 1. The zero-order valence-corrected chi connectivity index (χ0v) is 18.2. The molecular weight excluding hydrogens is 430 g/mol. The van der Waals surface area contributed by atoms with Crippen LogP contribution in [0.15, 0.2) is 71.8 Å².